The Morgan fingerprint density at radius 3 is 3.06 bits per heavy atom. The van der Waals surface area contributed by atoms with Crippen molar-refractivity contribution in [3.8, 4) is 0 Å². The Balaban J connectivity index is 2.18. The molecule has 4 nitrogen and oxygen atoms in total. The van der Waals surface area contributed by atoms with Crippen molar-refractivity contribution < 1.29 is 9.59 Å². The molecule has 0 aliphatic carbocycles. The van der Waals surface area contributed by atoms with Crippen molar-refractivity contribution in [3.63, 3.8) is 0 Å². The Morgan fingerprint density at radius 2 is 2.31 bits per heavy atom. The number of hydrogen-bond acceptors (Lipinski definition) is 2. The van der Waals surface area contributed by atoms with Gasteiger partial charge in [0, 0.05) is 18.5 Å². The van der Waals surface area contributed by atoms with Crippen LogP contribution in [0.2, 0.25) is 0 Å². The van der Waals surface area contributed by atoms with Gasteiger partial charge in [-0.05, 0) is 17.2 Å². The molecule has 2 amide bonds. The fourth-order valence-electron chi connectivity index (χ4n) is 1.65. The summed E-state index contributed by atoms with van der Waals surface area (Å²) < 4.78 is 0. The van der Waals surface area contributed by atoms with Crippen molar-refractivity contribution in [3.05, 3.63) is 41.0 Å². The zero-order valence-corrected chi connectivity index (χ0v) is 8.69. The normalized spacial score (nSPS) is 13.9. The van der Waals surface area contributed by atoms with Gasteiger partial charge in [0.05, 0.1) is 0 Å². The smallest absolute Gasteiger partial charge is 0.251 e. The Labute approximate surface area is 93.1 Å². The lowest BCUT2D eigenvalue weighted by Gasteiger charge is -1.97. The van der Waals surface area contributed by atoms with Crippen LogP contribution in [-0.2, 0) is 11.3 Å². The number of nitrogens with one attached hydrogen (secondary N) is 1. The first-order chi connectivity index (χ1) is 7.66. The van der Waals surface area contributed by atoms with Gasteiger partial charge in [0.2, 0.25) is 5.91 Å². The van der Waals surface area contributed by atoms with Gasteiger partial charge in [0.1, 0.15) is 0 Å². The largest absolute Gasteiger partial charge is 0.369 e. The molecule has 16 heavy (non-hydrogen) atoms. The molecular formula is C12H12N2O2. The highest BCUT2D eigenvalue weighted by Gasteiger charge is 2.17. The number of fused-ring (bicyclic) bond motifs is 1. The number of carbonyl (C=O) groups is 2. The molecule has 1 aromatic rings. The summed E-state index contributed by atoms with van der Waals surface area (Å²) in [5.74, 6) is -0.407. The molecule has 0 radical (unpaired) electrons. The molecule has 1 heterocycles. The fourth-order valence-corrected chi connectivity index (χ4v) is 1.65. The van der Waals surface area contributed by atoms with E-state index in [1.54, 1.807) is 12.2 Å². The third kappa shape index (κ3) is 2.11. The van der Waals surface area contributed by atoms with Gasteiger partial charge in [0.25, 0.3) is 5.91 Å². The molecule has 3 N–H and O–H groups in total. The SMILES string of the molecule is NC(=O)CC=Cc1ccc2c(c1)C(=O)NC2. The van der Waals surface area contributed by atoms with E-state index in [-0.39, 0.29) is 18.2 Å². The molecule has 1 aromatic carbocycles. The monoisotopic (exact) mass is 216 g/mol. The highest BCUT2D eigenvalue weighted by atomic mass is 16.2. The van der Waals surface area contributed by atoms with E-state index in [9.17, 15) is 9.59 Å². The Hall–Kier alpha value is -2.10. The van der Waals surface area contributed by atoms with Crippen LogP contribution in [0.4, 0.5) is 0 Å². The molecule has 0 saturated carbocycles. The van der Waals surface area contributed by atoms with Crippen molar-refractivity contribution in [1.82, 2.24) is 5.32 Å². The minimum atomic E-state index is -0.366. The Bertz CT molecular complexity index is 478. The lowest BCUT2D eigenvalue weighted by atomic mass is 10.1. The lowest BCUT2D eigenvalue weighted by molar-refractivity contribution is -0.117. The van der Waals surface area contributed by atoms with E-state index in [0.29, 0.717) is 12.1 Å². The van der Waals surface area contributed by atoms with Crippen molar-refractivity contribution in [2.75, 3.05) is 0 Å². The van der Waals surface area contributed by atoms with Crippen molar-refractivity contribution in [2.24, 2.45) is 5.73 Å². The van der Waals surface area contributed by atoms with Gasteiger partial charge < -0.3 is 11.1 Å². The van der Waals surface area contributed by atoms with Crippen molar-refractivity contribution in [2.45, 2.75) is 13.0 Å². The van der Waals surface area contributed by atoms with E-state index in [1.807, 2.05) is 18.2 Å². The third-order valence-corrected chi connectivity index (χ3v) is 2.45. The standard InChI is InChI=1S/C12H12N2O2/c13-11(15)3-1-2-8-4-5-9-7-14-12(16)10(9)6-8/h1-2,4-6H,3,7H2,(H2,13,15)(H,14,16). The molecule has 1 aliphatic rings. The summed E-state index contributed by atoms with van der Waals surface area (Å²) in [6.45, 7) is 0.597. The molecule has 0 fully saturated rings. The summed E-state index contributed by atoms with van der Waals surface area (Å²) in [6.07, 6.45) is 3.69. The van der Waals surface area contributed by atoms with Crippen LogP contribution in [0.5, 0.6) is 0 Å². The summed E-state index contributed by atoms with van der Waals surface area (Å²) in [7, 11) is 0. The predicted molar refractivity (Wildman–Crippen MR) is 60.5 cm³/mol. The molecule has 82 valence electrons. The van der Waals surface area contributed by atoms with Gasteiger partial charge in [-0.1, -0.05) is 24.3 Å². The van der Waals surface area contributed by atoms with Crippen LogP contribution in [0.3, 0.4) is 0 Å². The number of rotatable bonds is 3. The quantitative estimate of drug-likeness (QED) is 0.785. The lowest BCUT2D eigenvalue weighted by Crippen LogP contribution is -2.12. The number of hydrogen-bond donors (Lipinski definition) is 2. The van der Waals surface area contributed by atoms with Crippen LogP contribution in [0, 0.1) is 0 Å². The van der Waals surface area contributed by atoms with Gasteiger partial charge in [0.15, 0.2) is 0 Å². The number of nitrogens with two attached hydrogens (primary N) is 1. The third-order valence-electron chi connectivity index (χ3n) is 2.45. The molecule has 0 bridgehead atoms. The van der Waals surface area contributed by atoms with Gasteiger partial charge >= 0.3 is 0 Å². The molecule has 0 aromatic heterocycles. The average molecular weight is 216 g/mol. The van der Waals surface area contributed by atoms with Gasteiger partial charge in [-0.2, -0.15) is 0 Å². The van der Waals surface area contributed by atoms with Crippen LogP contribution in [0.25, 0.3) is 6.08 Å². The second-order valence-corrected chi connectivity index (χ2v) is 3.67. The van der Waals surface area contributed by atoms with E-state index >= 15 is 0 Å². The molecule has 0 spiro atoms. The first-order valence-corrected chi connectivity index (χ1v) is 5.03. The van der Waals surface area contributed by atoms with Crippen molar-refractivity contribution >= 4 is 17.9 Å². The van der Waals surface area contributed by atoms with Crippen molar-refractivity contribution in [1.29, 1.82) is 0 Å². The minimum Gasteiger partial charge on any atom is -0.369 e. The maximum atomic E-state index is 11.4. The Kier molecular flexibility index (Phi) is 2.72. The molecule has 4 heteroatoms. The van der Waals surface area contributed by atoms with Gasteiger partial charge in [-0.15, -0.1) is 0 Å². The molecular weight excluding hydrogens is 204 g/mol. The van der Waals surface area contributed by atoms with Crippen LogP contribution >= 0.6 is 0 Å². The maximum absolute atomic E-state index is 11.4. The van der Waals surface area contributed by atoms with Gasteiger partial charge in [-0.3, -0.25) is 9.59 Å². The van der Waals surface area contributed by atoms with E-state index in [2.05, 4.69) is 5.32 Å². The van der Waals surface area contributed by atoms with E-state index in [0.717, 1.165) is 11.1 Å². The zero-order valence-electron chi connectivity index (χ0n) is 8.69. The van der Waals surface area contributed by atoms with E-state index in [4.69, 9.17) is 5.73 Å². The first-order valence-electron chi connectivity index (χ1n) is 5.03. The topological polar surface area (TPSA) is 72.2 Å². The first kappa shape index (κ1) is 10.4. The number of carbonyl (C=O) groups excluding carboxylic acids is 2. The van der Waals surface area contributed by atoms with Crippen LogP contribution in [-0.4, -0.2) is 11.8 Å². The molecule has 0 saturated heterocycles. The van der Waals surface area contributed by atoms with Crippen LogP contribution < -0.4 is 11.1 Å². The maximum Gasteiger partial charge on any atom is 0.251 e. The molecule has 1 aliphatic heterocycles. The van der Waals surface area contributed by atoms with E-state index < -0.39 is 0 Å². The summed E-state index contributed by atoms with van der Waals surface area (Å²) >= 11 is 0. The highest BCUT2D eigenvalue weighted by Crippen LogP contribution is 2.17. The zero-order chi connectivity index (χ0) is 11.5. The van der Waals surface area contributed by atoms with E-state index in [1.165, 1.54) is 0 Å². The summed E-state index contributed by atoms with van der Waals surface area (Å²) in [4.78, 5) is 21.9. The Morgan fingerprint density at radius 1 is 1.50 bits per heavy atom. The second-order valence-electron chi connectivity index (χ2n) is 3.67. The number of primary amides is 1. The summed E-state index contributed by atoms with van der Waals surface area (Å²) in [5, 5.41) is 2.75. The highest BCUT2D eigenvalue weighted by molar-refractivity contribution is 5.98. The minimum absolute atomic E-state index is 0.0415. The fraction of sp³-hybridized carbons (Fsp3) is 0.167. The number of amides is 2. The van der Waals surface area contributed by atoms with Gasteiger partial charge in [-0.25, -0.2) is 0 Å². The van der Waals surface area contributed by atoms with Crippen LogP contribution in [0.1, 0.15) is 27.9 Å². The summed E-state index contributed by atoms with van der Waals surface area (Å²) in [6, 6.07) is 5.64. The second kappa shape index (κ2) is 4.18. The van der Waals surface area contributed by atoms with Crippen LogP contribution in [0.15, 0.2) is 24.3 Å². The predicted octanol–water partition coefficient (Wildman–Crippen LogP) is 0.819. The molecule has 0 unspecified atom stereocenters. The average Bonchev–Trinajstić information content (AvgIpc) is 2.60. The molecule has 2 rings (SSSR count). The number of benzene rings is 1. The summed E-state index contributed by atoms with van der Waals surface area (Å²) in [5.41, 5.74) is 7.64. The molecule has 0 atom stereocenters.